The zero-order valence-electron chi connectivity index (χ0n) is 10.9. The van der Waals surface area contributed by atoms with Gasteiger partial charge in [0.25, 0.3) is 5.91 Å². The Bertz CT molecular complexity index is 733. The molecule has 0 radical (unpaired) electrons. The largest absolute Gasteiger partial charge is 0.384 e. The Morgan fingerprint density at radius 2 is 1.90 bits per heavy atom. The maximum absolute atomic E-state index is 13.2. The van der Waals surface area contributed by atoms with Crippen LogP contribution in [0.2, 0.25) is 0 Å². The summed E-state index contributed by atoms with van der Waals surface area (Å²) in [6.45, 7) is -0.401. The molecule has 0 bridgehead atoms. The predicted molar refractivity (Wildman–Crippen MR) is 74.7 cm³/mol. The van der Waals surface area contributed by atoms with Gasteiger partial charge in [0.2, 0.25) is 0 Å². The highest BCUT2D eigenvalue weighted by Crippen LogP contribution is 2.15. The van der Waals surface area contributed by atoms with Crippen LogP contribution in [0.15, 0.2) is 42.5 Å². The van der Waals surface area contributed by atoms with Gasteiger partial charge < -0.3 is 10.4 Å². The summed E-state index contributed by atoms with van der Waals surface area (Å²) in [6, 6.07) is 8.93. The molecule has 0 fully saturated rings. The van der Waals surface area contributed by atoms with Crippen molar-refractivity contribution < 1.29 is 18.7 Å². The lowest BCUT2D eigenvalue weighted by Gasteiger charge is -2.07. The third-order valence-electron chi connectivity index (χ3n) is 2.61. The van der Waals surface area contributed by atoms with Crippen LogP contribution in [0, 0.1) is 23.5 Å². The number of carbonyl (C=O) groups is 1. The van der Waals surface area contributed by atoms with E-state index >= 15 is 0 Å². The number of rotatable bonds is 2. The highest BCUT2D eigenvalue weighted by molar-refractivity contribution is 6.06. The van der Waals surface area contributed by atoms with Gasteiger partial charge in [-0.1, -0.05) is 17.9 Å². The smallest absolute Gasteiger partial charge is 0.256 e. The van der Waals surface area contributed by atoms with Crippen LogP contribution in [-0.4, -0.2) is 17.6 Å². The first-order valence-electron chi connectivity index (χ1n) is 6.06. The Morgan fingerprint density at radius 1 is 1.14 bits per heavy atom. The van der Waals surface area contributed by atoms with Crippen molar-refractivity contribution >= 4 is 11.6 Å². The van der Waals surface area contributed by atoms with E-state index in [2.05, 4.69) is 17.2 Å². The van der Waals surface area contributed by atoms with Gasteiger partial charge in [-0.15, -0.1) is 0 Å². The monoisotopic (exact) mass is 287 g/mol. The van der Waals surface area contributed by atoms with Gasteiger partial charge in [0.1, 0.15) is 18.2 Å². The molecule has 0 saturated heterocycles. The number of amides is 1. The lowest BCUT2D eigenvalue weighted by molar-refractivity contribution is 0.102. The molecule has 2 aromatic carbocycles. The van der Waals surface area contributed by atoms with Crippen molar-refractivity contribution in [2.45, 2.75) is 0 Å². The summed E-state index contributed by atoms with van der Waals surface area (Å²) in [4.78, 5) is 12.1. The Balaban J connectivity index is 2.30. The third kappa shape index (κ3) is 3.88. The van der Waals surface area contributed by atoms with Crippen molar-refractivity contribution in [3.8, 4) is 11.8 Å². The highest BCUT2D eigenvalue weighted by Gasteiger charge is 2.11. The van der Waals surface area contributed by atoms with Crippen LogP contribution < -0.4 is 5.32 Å². The molecule has 0 heterocycles. The standard InChI is InChI=1S/C16H11F2NO2/c17-12-4-1-5-14(10-12)19-16(21)15-7-6-13(18)9-11(15)3-2-8-20/h1,4-7,9-10,20H,8H2,(H,19,21). The molecule has 0 spiro atoms. The topological polar surface area (TPSA) is 49.3 Å². The number of halogens is 2. The van der Waals surface area contributed by atoms with Crippen molar-refractivity contribution in [1.82, 2.24) is 0 Å². The number of benzene rings is 2. The van der Waals surface area contributed by atoms with Crippen LogP contribution in [0.25, 0.3) is 0 Å². The molecule has 106 valence electrons. The van der Waals surface area contributed by atoms with Crippen LogP contribution >= 0.6 is 0 Å². The van der Waals surface area contributed by atoms with Gasteiger partial charge >= 0.3 is 0 Å². The maximum Gasteiger partial charge on any atom is 0.256 e. The average molecular weight is 287 g/mol. The van der Waals surface area contributed by atoms with Crippen LogP contribution in [0.3, 0.4) is 0 Å². The summed E-state index contributed by atoms with van der Waals surface area (Å²) in [7, 11) is 0. The first-order valence-corrected chi connectivity index (χ1v) is 6.06. The molecule has 0 aliphatic carbocycles. The molecule has 21 heavy (non-hydrogen) atoms. The van der Waals surface area contributed by atoms with Gasteiger partial charge in [0, 0.05) is 11.3 Å². The molecule has 1 amide bonds. The van der Waals surface area contributed by atoms with Gasteiger partial charge in [0.15, 0.2) is 0 Å². The number of carbonyl (C=O) groups excluding carboxylic acids is 1. The molecule has 0 aliphatic rings. The molecule has 0 unspecified atom stereocenters. The molecule has 5 heteroatoms. The van der Waals surface area contributed by atoms with Crippen molar-refractivity contribution in [1.29, 1.82) is 0 Å². The van der Waals surface area contributed by atoms with Crippen molar-refractivity contribution in [3.05, 3.63) is 65.2 Å². The van der Waals surface area contributed by atoms with E-state index < -0.39 is 24.1 Å². The number of nitrogens with one attached hydrogen (secondary N) is 1. The molecular weight excluding hydrogens is 276 g/mol. The Hall–Kier alpha value is -2.71. The summed E-state index contributed by atoms with van der Waals surface area (Å²) >= 11 is 0. The summed E-state index contributed by atoms with van der Waals surface area (Å²) in [5.74, 6) is 3.31. The summed E-state index contributed by atoms with van der Waals surface area (Å²) in [5.41, 5.74) is 0.574. The molecule has 2 rings (SSSR count). The van der Waals surface area contributed by atoms with E-state index in [1.54, 1.807) is 0 Å². The maximum atomic E-state index is 13.2. The quantitative estimate of drug-likeness (QED) is 0.834. The zero-order chi connectivity index (χ0) is 15.2. The Morgan fingerprint density at radius 3 is 2.62 bits per heavy atom. The van der Waals surface area contributed by atoms with E-state index in [9.17, 15) is 13.6 Å². The Kier molecular flexibility index (Phi) is 4.64. The highest BCUT2D eigenvalue weighted by atomic mass is 19.1. The number of hydrogen-bond donors (Lipinski definition) is 2. The number of hydrogen-bond acceptors (Lipinski definition) is 2. The first kappa shape index (κ1) is 14.7. The second-order valence-electron chi connectivity index (χ2n) is 4.11. The zero-order valence-corrected chi connectivity index (χ0v) is 10.9. The second kappa shape index (κ2) is 6.64. The van der Waals surface area contributed by atoms with Gasteiger partial charge in [-0.3, -0.25) is 4.79 Å². The molecule has 0 saturated carbocycles. The van der Waals surface area contributed by atoms with Crippen LogP contribution in [0.4, 0.5) is 14.5 Å². The van der Waals surface area contributed by atoms with Crippen LogP contribution in [-0.2, 0) is 0 Å². The van der Waals surface area contributed by atoms with E-state index in [0.29, 0.717) is 0 Å². The summed E-state index contributed by atoms with van der Waals surface area (Å²) < 4.78 is 26.3. The number of aliphatic hydroxyl groups excluding tert-OH is 1. The normalized spacial score (nSPS) is 9.67. The van der Waals surface area contributed by atoms with Crippen molar-refractivity contribution in [2.24, 2.45) is 0 Å². The molecule has 0 atom stereocenters. The SMILES string of the molecule is O=C(Nc1cccc(F)c1)c1ccc(F)cc1C#CCO. The van der Waals surface area contributed by atoms with E-state index in [1.807, 2.05) is 0 Å². The van der Waals surface area contributed by atoms with Crippen LogP contribution in [0.1, 0.15) is 15.9 Å². The fourth-order valence-corrected chi connectivity index (χ4v) is 1.72. The number of anilines is 1. The van der Waals surface area contributed by atoms with Gasteiger partial charge in [-0.25, -0.2) is 8.78 Å². The first-order chi connectivity index (χ1) is 10.1. The molecule has 0 aliphatic heterocycles. The Labute approximate surface area is 120 Å². The molecule has 2 N–H and O–H groups in total. The summed E-state index contributed by atoms with van der Waals surface area (Å²) in [6.07, 6.45) is 0. The van der Waals surface area contributed by atoms with E-state index in [4.69, 9.17) is 5.11 Å². The minimum absolute atomic E-state index is 0.140. The molecule has 0 aromatic heterocycles. The third-order valence-corrected chi connectivity index (χ3v) is 2.61. The van der Waals surface area contributed by atoms with E-state index in [-0.39, 0.29) is 16.8 Å². The lowest BCUT2D eigenvalue weighted by atomic mass is 10.1. The van der Waals surface area contributed by atoms with Crippen molar-refractivity contribution in [2.75, 3.05) is 11.9 Å². The van der Waals surface area contributed by atoms with Crippen LogP contribution in [0.5, 0.6) is 0 Å². The minimum Gasteiger partial charge on any atom is -0.384 e. The minimum atomic E-state index is -0.542. The van der Waals surface area contributed by atoms with Gasteiger partial charge in [0.05, 0.1) is 5.56 Å². The second-order valence-corrected chi connectivity index (χ2v) is 4.11. The molecule has 2 aromatic rings. The predicted octanol–water partition coefficient (Wildman–Crippen LogP) is 2.56. The average Bonchev–Trinajstić information content (AvgIpc) is 2.45. The molecule has 3 nitrogen and oxygen atoms in total. The summed E-state index contributed by atoms with van der Waals surface area (Å²) in [5, 5.41) is 11.2. The number of aliphatic hydroxyl groups is 1. The van der Waals surface area contributed by atoms with Gasteiger partial charge in [-0.05, 0) is 36.4 Å². The fourth-order valence-electron chi connectivity index (χ4n) is 1.72. The lowest BCUT2D eigenvalue weighted by Crippen LogP contribution is -2.13. The van der Waals surface area contributed by atoms with Gasteiger partial charge in [-0.2, -0.15) is 0 Å². The van der Waals surface area contributed by atoms with Crippen molar-refractivity contribution in [3.63, 3.8) is 0 Å². The molecular formula is C16H11F2NO2. The fraction of sp³-hybridized carbons (Fsp3) is 0.0625. The van der Waals surface area contributed by atoms with E-state index in [0.717, 1.165) is 12.1 Å². The van der Waals surface area contributed by atoms with E-state index in [1.165, 1.54) is 30.3 Å².